The third kappa shape index (κ3) is 2.19. The molecule has 0 atom stereocenters. The minimum absolute atomic E-state index is 0.00274. The molecule has 1 N–H and O–H groups in total. The Balaban J connectivity index is 2.28. The zero-order valence-corrected chi connectivity index (χ0v) is 9.50. The Kier molecular flexibility index (Phi) is 2.66. The summed E-state index contributed by atoms with van der Waals surface area (Å²) in [6.07, 6.45) is -0.0580. The van der Waals surface area contributed by atoms with Gasteiger partial charge in [-0.05, 0) is 30.5 Å². The number of hydrogen-bond donors (Lipinski definition) is 1. The number of halogens is 1. The molecule has 0 spiro atoms. The summed E-state index contributed by atoms with van der Waals surface area (Å²) in [7, 11) is -3.07. The van der Waals surface area contributed by atoms with Crippen molar-refractivity contribution in [2.24, 2.45) is 0 Å². The van der Waals surface area contributed by atoms with Crippen LogP contribution in [0.1, 0.15) is 18.4 Å². The summed E-state index contributed by atoms with van der Waals surface area (Å²) in [5, 5.41) is 9.28. The van der Waals surface area contributed by atoms with Gasteiger partial charge in [0.25, 0.3) is 0 Å². The number of aromatic hydroxyl groups is 1. The van der Waals surface area contributed by atoms with Gasteiger partial charge in [0.15, 0.2) is 9.84 Å². The predicted octanol–water partition coefficient (Wildman–Crippen LogP) is 1.77. The minimum atomic E-state index is -3.07. The fourth-order valence-electron chi connectivity index (χ4n) is 1.93. The Morgan fingerprint density at radius 2 is 1.88 bits per heavy atom. The molecule has 0 amide bonds. The topological polar surface area (TPSA) is 54.4 Å². The van der Waals surface area contributed by atoms with Crippen LogP contribution in [0.2, 0.25) is 0 Å². The highest BCUT2D eigenvalue weighted by Crippen LogP contribution is 2.38. The molecule has 1 aromatic carbocycles. The normalized spacial score (nSPS) is 22.8. The predicted molar refractivity (Wildman–Crippen MR) is 58.8 cm³/mol. The lowest BCUT2D eigenvalue weighted by Crippen LogP contribution is -2.33. The van der Waals surface area contributed by atoms with Crippen LogP contribution in [0.15, 0.2) is 24.3 Å². The van der Waals surface area contributed by atoms with Gasteiger partial charge in [-0.25, -0.2) is 12.8 Å². The molecular weight excluding hydrogens is 231 g/mol. The molecule has 0 aromatic heterocycles. The zero-order chi connectivity index (χ0) is 11.8. The van der Waals surface area contributed by atoms with Crippen molar-refractivity contribution in [1.82, 2.24) is 0 Å². The monoisotopic (exact) mass is 244 g/mol. The fraction of sp³-hybridized carbons (Fsp3) is 0.455. The highest BCUT2D eigenvalue weighted by atomic mass is 32.2. The van der Waals surface area contributed by atoms with Crippen LogP contribution < -0.4 is 0 Å². The average molecular weight is 244 g/mol. The number of rotatable bonds is 1. The van der Waals surface area contributed by atoms with Crippen molar-refractivity contribution in [1.29, 1.82) is 0 Å². The number of phenols is 1. The molecule has 3 nitrogen and oxygen atoms in total. The molecular formula is C11H13FO3S. The SMILES string of the molecule is O=S1(=O)CCC(F)(c2cccc(O)c2)CC1. The second kappa shape index (κ2) is 3.73. The smallest absolute Gasteiger partial charge is 0.150 e. The Morgan fingerprint density at radius 3 is 2.44 bits per heavy atom. The largest absolute Gasteiger partial charge is 0.508 e. The summed E-state index contributed by atoms with van der Waals surface area (Å²) in [5.74, 6) is -0.249. The molecule has 1 heterocycles. The van der Waals surface area contributed by atoms with Gasteiger partial charge in [-0.1, -0.05) is 12.1 Å². The molecule has 0 unspecified atom stereocenters. The highest BCUT2D eigenvalue weighted by molar-refractivity contribution is 7.91. The molecule has 2 rings (SSSR count). The minimum Gasteiger partial charge on any atom is -0.508 e. The summed E-state index contributed by atoms with van der Waals surface area (Å²) in [5.41, 5.74) is -1.26. The first-order chi connectivity index (χ1) is 7.41. The summed E-state index contributed by atoms with van der Waals surface area (Å²) < 4.78 is 36.9. The lowest BCUT2D eigenvalue weighted by Gasteiger charge is -2.29. The van der Waals surface area contributed by atoms with Gasteiger partial charge < -0.3 is 5.11 Å². The van der Waals surface area contributed by atoms with E-state index in [9.17, 15) is 17.9 Å². The van der Waals surface area contributed by atoms with E-state index in [1.165, 1.54) is 12.1 Å². The van der Waals surface area contributed by atoms with E-state index in [1.807, 2.05) is 0 Å². The van der Waals surface area contributed by atoms with E-state index in [0.29, 0.717) is 5.56 Å². The van der Waals surface area contributed by atoms with Crippen LogP contribution in [0.3, 0.4) is 0 Å². The zero-order valence-electron chi connectivity index (χ0n) is 8.69. The van der Waals surface area contributed by atoms with E-state index in [-0.39, 0.29) is 30.1 Å². The van der Waals surface area contributed by atoms with E-state index in [4.69, 9.17) is 0 Å². The van der Waals surface area contributed by atoms with Crippen molar-refractivity contribution < 1.29 is 17.9 Å². The third-order valence-corrected chi connectivity index (χ3v) is 4.63. The van der Waals surface area contributed by atoms with Crippen LogP contribution in [-0.4, -0.2) is 25.0 Å². The van der Waals surface area contributed by atoms with Gasteiger partial charge >= 0.3 is 0 Å². The fourth-order valence-corrected chi connectivity index (χ4v) is 3.41. The van der Waals surface area contributed by atoms with Crippen molar-refractivity contribution in [3.8, 4) is 5.75 Å². The molecule has 16 heavy (non-hydrogen) atoms. The maximum Gasteiger partial charge on any atom is 0.150 e. The number of sulfone groups is 1. The first-order valence-electron chi connectivity index (χ1n) is 5.10. The standard InChI is InChI=1S/C11H13FO3S/c12-11(4-6-16(14,15)7-5-11)9-2-1-3-10(13)8-9/h1-3,8,13H,4-7H2. The van der Waals surface area contributed by atoms with Gasteiger partial charge in [0.1, 0.15) is 11.4 Å². The lowest BCUT2D eigenvalue weighted by atomic mass is 9.90. The second-order valence-corrected chi connectivity index (χ2v) is 6.47. The van der Waals surface area contributed by atoms with Gasteiger partial charge in [-0.2, -0.15) is 0 Å². The summed E-state index contributed by atoms with van der Waals surface area (Å²) >= 11 is 0. The van der Waals surface area contributed by atoms with Gasteiger partial charge in [0.2, 0.25) is 0 Å². The summed E-state index contributed by atoms with van der Waals surface area (Å²) in [6, 6.07) is 5.97. The average Bonchev–Trinajstić information content (AvgIpc) is 2.23. The number of benzene rings is 1. The second-order valence-electron chi connectivity index (χ2n) is 4.17. The van der Waals surface area contributed by atoms with Crippen LogP contribution in [0.4, 0.5) is 4.39 Å². The quantitative estimate of drug-likeness (QED) is 0.819. The van der Waals surface area contributed by atoms with Gasteiger partial charge in [-0.3, -0.25) is 0 Å². The Morgan fingerprint density at radius 1 is 1.25 bits per heavy atom. The van der Waals surface area contributed by atoms with E-state index in [0.717, 1.165) is 0 Å². The van der Waals surface area contributed by atoms with E-state index in [2.05, 4.69) is 0 Å². The van der Waals surface area contributed by atoms with E-state index < -0.39 is 15.5 Å². The van der Waals surface area contributed by atoms with Crippen LogP contribution in [0, 0.1) is 0 Å². The maximum absolute atomic E-state index is 14.5. The van der Waals surface area contributed by atoms with Gasteiger partial charge in [0.05, 0.1) is 11.5 Å². The summed E-state index contributed by atoms with van der Waals surface area (Å²) in [4.78, 5) is 0. The molecule has 88 valence electrons. The van der Waals surface area contributed by atoms with Crippen LogP contribution >= 0.6 is 0 Å². The molecule has 0 saturated carbocycles. The van der Waals surface area contributed by atoms with Crippen molar-refractivity contribution in [3.63, 3.8) is 0 Å². The molecule has 0 bridgehead atoms. The first kappa shape index (κ1) is 11.4. The summed E-state index contributed by atoms with van der Waals surface area (Å²) in [6.45, 7) is 0. The van der Waals surface area contributed by atoms with E-state index >= 15 is 0 Å². The van der Waals surface area contributed by atoms with Crippen molar-refractivity contribution in [3.05, 3.63) is 29.8 Å². The van der Waals surface area contributed by atoms with Gasteiger partial charge in [-0.15, -0.1) is 0 Å². The number of phenolic OH excluding ortho intramolecular Hbond substituents is 1. The number of alkyl halides is 1. The lowest BCUT2D eigenvalue weighted by molar-refractivity contribution is 0.147. The third-order valence-electron chi connectivity index (χ3n) is 2.98. The maximum atomic E-state index is 14.5. The Labute approximate surface area is 93.8 Å². The van der Waals surface area contributed by atoms with E-state index in [1.54, 1.807) is 12.1 Å². The molecule has 1 aromatic rings. The Bertz CT molecular complexity index is 482. The van der Waals surface area contributed by atoms with Gasteiger partial charge in [0, 0.05) is 0 Å². The molecule has 1 aliphatic heterocycles. The van der Waals surface area contributed by atoms with Crippen molar-refractivity contribution >= 4 is 9.84 Å². The first-order valence-corrected chi connectivity index (χ1v) is 6.92. The molecule has 0 aliphatic carbocycles. The van der Waals surface area contributed by atoms with Crippen LogP contribution in [0.5, 0.6) is 5.75 Å². The molecule has 0 radical (unpaired) electrons. The molecule has 1 aliphatic rings. The van der Waals surface area contributed by atoms with Crippen molar-refractivity contribution in [2.45, 2.75) is 18.5 Å². The Hall–Kier alpha value is -1.10. The highest BCUT2D eigenvalue weighted by Gasteiger charge is 2.38. The van der Waals surface area contributed by atoms with Crippen LogP contribution in [-0.2, 0) is 15.5 Å². The molecule has 5 heteroatoms. The molecule has 1 fully saturated rings. The molecule has 1 saturated heterocycles. The van der Waals surface area contributed by atoms with Crippen molar-refractivity contribution in [2.75, 3.05) is 11.5 Å². The number of hydrogen-bond acceptors (Lipinski definition) is 3. The van der Waals surface area contributed by atoms with Crippen LogP contribution in [0.25, 0.3) is 0 Å².